The van der Waals surface area contributed by atoms with Gasteiger partial charge in [-0.05, 0) is 53.4 Å². The number of anilines is 1. The zero-order chi connectivity index (χ0) is 27.6. The number of thiophene rings is 1. The fraction of sp³-hybridized carbons (Fsp3) is 0.0938. The van der Waals surface area contributed by atoms with E-state index in [0.29, 0.717) is 32.0 Å². The van der Waals surface area contributed by atoms with E-state index in [9.17, 15) is 9.59 Å². The molecule has 0 saturated carbocycles. The van der Waals surface area contributed by atoms with Crippen molar-refractivity contribution >= 4 is 51.1 Å². The van der Waals surface area contributed by atoms with Crippen LogP contribution in [0.25, 0.3) is 16.8 Å². The molecule has 0 saturated heterocycles. The number of benzene rings is 3. The number of nitrogens with one attached hydrogen (secondary N) is 1. The van der Waals surface area contributed by atoms with Crippen molar-refractivity contribution in [3.8, 4) is 18.1 Å². The highest BCUT2D eigenvalue weighted by Gasteiger charge is 2.33. The lowest BCUT2D eigenvalue weighted by Crippen LogP contribution is -2.40. The molecule has 0 radical (unpaired) electrons. The summed E-state index contributed by atoms with van der Waals surface area (Å²) in [5.41, 5.74) is 2.22. The van der Waals surface area contributed by atoms with Gasteiger partial charge in [0.05, 0.1) is 15.8 Å². The van der Waals surface area contributed by atoms with Gasteiger partial charge < -0.3 is 10.1 Å². The number of rotatable bonds is 6. The van der Waals surface area contributed by atoms with Crippen LogP contribution in [0.2, 0.25) is 0 Å². The molecule has 2 aromatic heterocycles. The molecular formula is C32H23N3O3S2. The average molecular weight is 562 g/mol. The fourth-order valence-electron chi connectivity index (χ4n) is 4.85. The van der Waals surface area contributed by atoms with E-state index >= 15 is 0 Å². The number of carbonyl (C=O) groups is 1. The molecule has 1 amide bonds. The van der Waals surface area contributed by atoms with E-state index < -0.39 is 6.04 Å². The number of allylic oxidation sites excluding steroid dienone is 1. The first kappa shape index (κ1) is 25.6. The molecule has 6 rings (SSSR count). The van der Waals surface area contributed by atoms with E-state index in [2.05, 4.69) is 11.2 Å². The van der Waals surface area contributed by atoms with Crippen molar-refractivity contribution in [1.82, 2.24) is 4.57 Å². The molecule has 5 aromatic rings. The Morgan fingerprint density at radius 1 is 1.10 bits per heavy atom. The first-order valence-electron chi connectivity index (χ1n) is 12.6. The minimum atomic E-state index is -0.605. The largest absolute Gasteiger partial charge is 0.480 e. The van der Waals surface area contributed by atoms with Crippen LogP contribution in [0.4, 0.5) is 5.69 Å². The van der Waals surface area contributed by atoms with Gasteiger partial charge in [0.1, 0.15) is 18.4 Å². The Morgan fingerprint density at radius 3 is 2.67 bits per heavy atom. The molecule has 0 fully saturated rings. The molecule has 0 spiro atoms. The molecule has 1 N–H and O–H groups in total. The highest BCUT2D eigenvalue weighted by Crippen LogP contribution is 2.33. The first-order valence-corrected chi connectivity index (χ1v) is 14.2. The van der Waals surface area contributed by atoms with Crippen LogP contribution in [0.15, 0.2) is 105 Å². The number of terminal acetylenes is 1. The van der Waals surface area contributed by atoms with Gasteiger partial charge >= 0.3 is 0 Å². The van der Waals surface area contributed by atoms with Gasteiger partial charge in [0, 0.05) is 16.1 Å². The van der Waals surface area contributed by atoms with Crippen molar-refractivity contribution in [2.24, 2.45) is 4.99 Å². The summed E-state index contributed by atoms with van der Waals surface area (Å²) in [4.78, 5) is 33.8. The number of amides is 1. The van der Waals surface area contributed by atoms with Crippen LogP contribution in [0.3, 0.4) is 0 Å². The molecule has 1 atom stereocenters. The lowest BCUT2D eigenvalue weighted by atomic mass is 10.0. The third-order valence-corrected chi connectivity index (χ3v) is 8.54. The second-order valence-corrected chi connectivity index (χ2v) is 11.1. The van der Waals surface area contributed by atoms with E-state index in [1.54, 1.807) is 4.57 Å². The van der Waals surface area contributed by atoms with Gasteiger partial charge in [0.15, 0.2) is 4.80 Å². The molecule has 1 aliphatic rings. The van der Waals surface area contributed by atoms with Gasteiger partial charge in [-0.15, -0.1) is 17.8 Å². The standard InChI is InChI=1S/C32H23N3O3S2/c1-3-17-38-25-16-15-21-10-7-8-13-23(21)24(25)19-27-31(37)35-29(26-14-9-18-39-26)28(20(2)33-32(35)40-27)30(36)34-22-11-5-4-6-12-22/h1,4-16,18-19,29H,17H2,2H3,(H,34,36)/b27-19+. The van der Waals surface area contributed by atoms with Crippen molar-refractivity contribution in [2.75, 3.05) is 11.9 Å². The van der Waals surface area contributed by atoms with E-state index in [1.807, 2.05) is 97.2 Å². The van der Waals surface area contributed by atoms with Crippen LogP contribution in [0, 0.1) is 12.3 Å². The molecule has 1 unspecified atom stereocenters. The Morgan fingerprint density at radius 2 is 1.90 bits per heavy atom. The minimum Gasteiger partial charge on any atom is -0.480 e. The van der Waals surface area contributed by atoms with Gasteiger partial charge in [0.25, 0.3) is 11.5 Å². The first-order chi connectivity index (χ1) is 19.5. The van der Waals surface area contributed by atoms with Crippen LogP contribution >= 0.6 is 22.7 Å². The molecule has 8 heteroatoms. The summed E-state index contributed by atoms with van der Waals surface area (Å²) in [7, 11) is 0. The zero-order valence-electron chi connectivity index (χ0n) is 21.5. The van der Waals surface area contributed by atoms with Gasteiger partial charge in [-0.25, -0.2) is 4.99 Å². The number of fused-ring (bicyclic) bond motifs is 2. The monoisotopic (exact) mass is 561 g/mol. The summed E-state index contributed by atoms with van der Waals surface area (Å²) in [6, 6.07) is 24.3. The molecule has 1 aliphatic heterocycles. The average Bonchev–Trinajstić information content (AvgIpc) is 3.61. The highest BCUT2D eigenvalue weighted by atomic mass is 32.1. The van der Waals surface area contributed by atoms with Crippen molar-refractivity contribution in [3.05, 3.63) is 126 Å². The van der Waals surface area contributed by atoms with Crippen LogP contribution in [0.5, 0.6) is 5.75 Å². The van der Waals surface area contributed by atoms with E-state index in [4.69, 9.17) is 16.2 Å². The predicted molar refractivity (Wildman–Crippen MR) is 161 cm³/mol. The predicted octanol–water partition coefficient (Wildman–Crippen LogP) is 5.10. The van der Waals surface area contributed by atoms with Crippen molar-refractivity contribution < 1.29 is 9.53 Å². The third kappa shape index (κ3) is 4.66. The number of aromatic nitrogens is 1. The topological polar surface area (TPSA) is 72.7 Å². The van der Waals surface area contributed by atoms with Gasteiger partial charge in [-0.3, -0.25) is 14.2 Å². The molecule has 3 heterocycles. The number of hydrogen-bond donors (Lipinski definition) is 1. The Bertz CT molecular complexity index is 2000. The van der Waals surface area contributed by atoms with Crippen LogP contribution in [-0.2, 0) is 4.79 Å². The molecule has 3 aromatic carbocycles. The summed E-state index contributed by atoms with van der Waals surface area (Å²) in [5, 5.41) is 6.87. The summed E-state index contributed by atoms with van der Waals surface area (Å²) >= 11 is 2.79. The molecule has 0 bridgehead atoms. The Balaban J connectivity index is 1.53. The second kappa shape index (κ2) is 10.8. The summed E-state index contributed by atoms with van der Waals surface area (Å²) in [5.74, 6) is 2.81. The summed E-state index contributed by atoms with van der Waals surface area (Å²) < 4.78 is 7.97. The number of hydrogen-bond acceptors (Lipinski definition) is 6. The maximum absolute atomic E-state index is 14.1. The number of carbonyl (C=O) groups excluding carboxylic acids is 1. The number of para-hydroxylation sites is 1. The van der Waals surface area contributed by atoms with Gasteiger partial charge in [0.2, 0.25) is 0 Å². The van der Waals surface area contributed by atoms with Crippen LogP contribution in [0.1, 0.15) is 23.4 Å². The maximum atomic E-state index is 14.1. The number of thiazole rings is 1. The molecule has 40 heavy (non-hydrogen) atoms. The normalized spacial score (nSPS) is 14.9. The Kier molecular flexibility index (Phi) is 6.91. The SMILES string of the molecule is C#CCOc1ccc2ccccc2c1/C=c1/sc2n(c1=O)C(c1cccs1)C(C(=O)Nc1ccccc1)=C(C)N=2. The zero-order valence-corrected chi connectivity index (χ0v) is 23.1. The van der Waals surface area contributed by atoms with Crippen molar-refractivity contribution in [2.45, 2.75) is 13.0 Å². The fourth-order valence-corrected chi connectivity index (χ4v) is 6.70. The second-order valence-electron chi connectivity index (χ2n) is 9.11. The van der Waals surface area contributed by atoms with E-state index in [-0.39, 0.29) is 18.1 Å². The van der Waals surface area contributed by atoms with Crippen molar-refractivity contribution in [3.63, 3.8) is 0 Å². The molecular weight excluding hydrogens is 539 g/mol. The van der Waals surface area contributed by atoms with E-state index in [0.717, 1.165) is 21.2 Å². The Labute approximate surface area is 238 Å². The third-order valence-electron chi connectivity index (χ3n) is 6.63. The molecule has 0 aliphatic carbocycles. The lowest BCUT2D eigenvalue weighted by Gasteiger charge is -2.24. The van der Waals surface area contributed by atoms with Gasteiger partial charge in [-0.1, -0.05) is 71.9 Å². The molecule has 196 valence electrons. The number of nitrogens with zero attached hydrogens (tertiary/aromatic N) is 2. The smallest absolute Gasteiger partial charge is 0.271 e. The quantitative estimate of drug-likeness (QED) is 0.293. The van der Waals surface area contributed by atoms with Crippen molar-refractivity contribution in [1.29, 1.82) is 0 Å². The minimum absolute atomic E-state index is 0.109. The van der Waals surface area contributed by atoms with Crippen LogP contribution in [-0.4, -0.2) is 17.1 Å². The highest BCUT2D eigenvalue weighted by molar-refractivity contribution is 7.10. The summed E-state index contributed by atoms with van der Waals surface area (Å²) in [6.07, 6.45) is 7.30. The van der Waals surface area contributed by atoms with Crippen LogP contribution < -0.4 is 24.9 Å². The van der Waals surface area contributed by atoms with Gasteiger partial charge in [-0.2, -0.15) is 0 Å². The maximum Gasteiger partial charge on any atom is 0.271 e. The number of ether oxygens (including phenoxy) is 1. The molecule has 6 nitrogen and oxygen atoms in total. The Hall–Kier alpha value is -4.71. The lowest BCUT2D eigenvalue weighted by molar-refractivity contribution is -0.113. The van der Waals surface area contributed by atoms with E-state index in [1.165, 1.54) is 22.7 Å². The summed E-state index contributed by atoms with van der Waals surface area (Å²) in [6.45, 7) is 1.92.